The summed E-state index contributed by atoms with van der Waals surface area (Å²) >= 11 is 3.73. The number of benzene rings is 1. The normalized spacial score (nSPS) is 15.9. The molecule has 1 aliphatic carbocycles. The molecule has 0 bridgehead atoms. The highest BCUT2D eigenvalue weighted by atomic mass is 127. The minimum atomic E-state index is -0.127. The first-order chi connectivity index (χ1) is 10.2. The van der Waals surface area contributed by atoms with Crippen molar-refractivity contribution in [3.8, 4) is 0 Å². The highest BCUT2D eigenvalue weighted by Crippen LogP contribution is 2.35. The molecule has 1 N–H and O–H groups in total. The van der Waals surface area contributed by atoms with Crippen LogP contribution in [0.15, 0.2) is 24.3 Å². The SMILES string of the molecule is O=C(Nc1nnc(C2CCCCC2)s1)c1ccc(I)cc1. The Morgan fingerprint density at radius 1 is 1.14 bits per heavy atom. The molecule has 0 unspecified atom stereocenters. The molecule has 6 heteroatoms. The highest BCUT2D eigenvalue weighted by Gasteiger charge is 2.20. The number of aromatic nitrogens is 2. The zero-order chi connectivity index (χ0) is 14.7. The van der Waals surface area contributed by atoms with Crippen LogP contribution in [0.3, 0.4) is 0 Å². The molecule has 1 heterocycles. The van der Waals surface area contributed by atoms with Gasteiger partial charge in [0.15, 0.2) is 0 Å². The maximum Gasteiger partial charge on any atom is 0.257 e. The Labute approximate surface area is 141 Å². The fourth-order valence-corrected chi connectivity index (χ4v) is 3.84. The third-order valence-corrected chi connectivity index (χ3v) is 5.44. The van der Waals surface area contributed by atoms with Crippen molar-refractivity contribution in [2.45, 2.75) is 38.0 Å². The highest BCUT2D eigenvalue weighted by molar-refractivity contribution is 14.1. The summed E-state index contributed by atoms with van der Waals surface area (Å²) in [6.07, 6.45) is 6.26. The van der Waals surface area contributed by atoms with Crippen molar-refractivity contribution >= 4 is 45.0 Å². The molecule has 2 aromatic rings. The number of amides is 1. The Morgan fingerprint density at radius 3 is 2.57 bits per heavy atom. The lowest BCUT2D eigenvalue weighted by Crippen LogP contribution is -2.11. The van der Waals surface area contributed by atoms with Gasteiger partial charge in [-0.05, 0) is 59.7 Å². The number of halogens is 1. The van der Waals surface area contributed by atoms with Gasteiger partial charge in [0, 0.05) is 15.1 Å². The minimum Gasteiger partial charge on any atom is -0.296 e. The van der Waals surface area contributed by atoms with Crippen LogP contribution in [0.4, 0.5) is 5.13 Å². The van der Waals surface area contributed by atoms with E-state index in [1.54, 1.807) is 0 Å². The fraction of sp³-hybridized carbons (Fsp3) is 0.400. The second-order valence-corrected chi connectivity index (χ2v) is 7.50. The molecule has 110 valence electrons. The molecular weight excluding hydrogens is 397 g/mol. The maximum absolute atomic E-state index is 12.1. The molecule has 1 amide bonds. The molecule has 0 spiro atoms. The molecule has 0 saturated heterocycles. The van der Waals surface area contributed by atoms with Gasteiger partial charge in [0.05, 0.1) is 0 Å². The Morgan fingerprint density at radius 2 is 1.86 bits per heavy atom. The average molecular weight is 413 g/mol. The molecule has 1 fully saturated rings. The topological polar surface area (TPSA) is 54.9 Å². The van der Waals surface area contributed by atoms with Crippen molar-refractivity contribution in [1.29, 1.82) is 0 Å². The van der Waals surface area contributed by atoms with Crippen molar-refractivity contribution in [1.82, 2.24) is 10.2 Å². The van der Waals surface area contributed by atoms with E-state index in [0.29, 0.717) is 16.6 Å². The summed E-state index contributed by atoms with van der Waals surface area (Å²) in [6, 6.07) is 7.48. The van der Waals surface area contributed by atoms with Crippen LogP contribution in [0.5, 0.6) is 0 Å². The summed E-state index contributed by atoms with van der Waals surface area (Å²) in [4.78, 5) is 12.1. The second-order valence-electron chi connectivity index (χ2n) is 5.24. The van der Waals surface area contributed by atoms with Crippen molar-refractivity contribution in [3.63, 3.8) is 0 Å². The van der Waals surface area contributed by atoms with E-state index < -0.39 is 0 Å². The van der Waals surface area contributed by atoms with E-state index >= 15 is 0 Å². The third-order valence-electron chi connectivity index (χ3n) is 3.72. The number of hydrogen-bond donors (Lipinski definition) is 1. The third kappa shape index (κ3) is 3.79. The first-order valence-electron chi connectivity index (χ1n) is 7.13. The van der Waals surface area contributed by atoms with Crippen LogP contribution in [0, 0.1) is 3.57 Å². The fourth-order valence-electron chi connectivity index (χ4n) is 2.57. The van der Waals surface area contributed by atoms with E-state index in [0.717, 1.165) is 8.58 Å². The molecule has 1 aromatic carbocycles. The second kappa shape index (κ2) is 6.83. The number of nitrogens with zero attached hydrogens (tertiary/aromatic N) is 2. The molecule has 0 atom stereocenters. The van der Waals surface area contributed by atoms with Gasteiger partial charge in [0.1, 0.15) is 5.01 Å². The standard InChI is InChI=1S/C15H16IN3OS/c16-12-8-6-10(7-9-12)13(20)17-15-19-18-14(21-15)11-4-2-1-3-5-11/h6-9,11H,1-5H2,(H,17,19,20). The first-order valence-corrected chi connectivity index (χ1v) is 9.02. The van der Waals surface area contributed by atoms with E-state index in [1.807, 2.05) is 24.3 Å². The van der Waals surface area contributed by atoms with Gasteiger partial charge in [-0.3, -0.25) is 10.1 Å². The lowest BCUT2D eigenvalue weighted by molar-refractivity contribution is 0.102. The summed E-state index contributed by atoms with van der Waals surface area (Å²) in [7, 11) is 0. The smallest absolute Gasteiger partial charge is 0.257 e. The average Bonchev–Trinajstić information content (AvgIpc) is 2.97. The Hall–Kier alpha value is -1.02. The summed E-state index contributed by atoms with van der Waals surface area (Å²) in [6.45, 7) is 0. The van der Waals surface area contributed by atoms with E-state index in [4.69, 9.17) is 0 Å². The van der Waals surface area contributed by atoms with Gasteiger partial charge in [-0.15, -0.1) is 10.2 Å². The number of anilines is 1. The predicted molar refractivity (Wildman–Crippen MR) is 92.8 cm³/mol. The molecule has 4 nitrogen and oxygen atoms in total. The van der Waals surface area contributed by atoms with Gasteiger partial charge < -0.3 is 0 Å². The number of nitrogens with one attached hydrogen (secondary N) is 1. The lowest BCUT2D eigenvalue weighted by Gasteiger charge is -2.18. The van der Waals surface area contributed by atoms with Crippen LogP contribution in [-0.2, 0) is 0 Å². The number of carbonyl (C=O) groups excluding carboxylic acids is 1. The molecule has 1 saturated carbocycles. The molecule has 0 aliphatic heterocycles. The van der Waals surface area contributed by atoms with E-state index in [1.165, 1.54) is 43.4 Å². The van der Waals surface area contributed by atoms with Crippen LogP contribution in [0.2, 0.25) is 0 Å². The largest absolute Gasteiger partial charge is 0.296 e. The zero-order valence-electron chi connectivity index (χ0n) is 11.5. The molecular formula is C15H16IN3OS. The van der Waals surface area contributed by atoms with Gasteiger partial charge in [-0.2, -0.15) is 0 Å². The zero-order valence-corrected chi connectivity index (χ0v) is 14.5. The monoisotopic (exact) mass is 413 g/mol. The molecule has 0 radical (unpaired) electrons. The van der Waals surface area contributed by atoms with Crippen molar-refractivity contribution < 1.29 is 4.79 Å². The van der Waals surface area contributed by atoms with E-state index in [2.05, 4.69) is 38.1 Å². The van der Waals surface area contributed by atoms with Gasteiger partial charge in [0.25, 0.3) is 5.91 Å². The Bertz CT molecular complexity index is 620. The Kier molecular flexibility index (Phi) is 4.84. The van der Waals surface area contributed by atoms with Crippen LogP contribution in [0.1, 0.15) is 53.4 Å². The van der Waals surface area contributed by atoms with E-state index in [-0.39, 0.29) is 5.91 Å². The molecule has 1 aromatic heterocycles. The molecule has 1 aliphatic rings. The van der Waals surface area contributed by atoms with Crippen molar-refractivity contribution in [2.24, 2.45) is 0 Å². The van der Waals surface area contributed by atoms with Crippen LogP contribution in [0.25, 0.3) is 0 Å². The van der Waals surface area contributed by atoms with Gasteiger partial charge >= 0.3 is 0 Å². The minimum absolute atomic E-state index is 0.127. The predicted octanol–water partition coefficient (Wildman–Crippen LogP) is 4.44. The van der Waals surface area contributed by atoms with Crippen LogP contribution in [-0.4, -0.2) is 16.1 Å². The summed E-state index contributed by atoms with van der Waals surface area (Å²) in [5.41, 5.74) is 0.643. The lowest BCUT2D eigenvalue weighted by atomic mass is 9.90. The van der Waals surface area contributed by atoms with Crippen LogP contribution < -0.4 is 5.32 Å². The summed E-state index contributed by atoms with van der Waals surface area (Å²) in [5, 5.41) is 12.9. The van der Waals surface area contributed by atoms with Gasteiger partial charge in [0.2, 0.25) is 5.13 Å². The van der Waals surface area contributed by atoms with E-state index in [9.17, 15) is 4.79 Å². The maximum atomic E-state index is 12.1. The molecule has 21 heavy (non-hydrogen) atoms. The van der Waals surface area contributed by atoms with Crippen LogP contribution >= 0.6 is 33.9 Å². The summed E-state index contributed by atoms with van der Waals surface area (Å²) in [5.74, 6) is 0.401. The van der Waals surface area contributed by atoms with Crippen molar-refractivity contribution in [3.05, 3.63) is 38.4 Å². The Balaban J connectivity index is 1.66. The van der Waals surface area contributed by atoms with Gasteiger partial charge in [-0.25, -0.2) is 0 Å². The van der Waals surface area contributed by atoms with Crippen molar-refractivity contribution in [2.75, 3.05) is 5.32 Å². The number of carbonyl (C=O) groups is 1. The number of hydrogen-bond acceptors (Lipinski definition) is 4. The summed E-state index contributed by atoms with van der Waals surface area (Å²) < 4.78 is 1.11. The first kappa shape index (κ1) is 14.9. The quantitative estimate of drug-likeness (QED) is 0.757. The molecule has 3 rings (SSSR count). The van der Waals surface area contributed by atoms with Gasteiger partial charge in [-0.1, -0.05) is 30.6 Å². The number of rotatable bonds is 3.